The van der Waals surface area contributed by atoms with Gasteiger partial charge in [0, 0.05) is 25.0 Å². The molecule has 0 atom stereocenters. The van der Waals surface area contributed by atoms with Gasteiger partial charge in [-0.15, -0.1) is 0 Å². The zero-order valence-electron chi connectivity index (χ0n) is 12.3. The Hall–Kier alpha value is -1.59. The highest BCUT2D eigenvalue weighted by Crippen LogP contribution is 2.35. The van der Waals surface area contributed by atoms with Gasteiger partial charge in [0.05, 0.1) is 13.2 Å². The van der Waals surface area contributed by atoms with Crippen LogP contribution in [0.4, 0.5) is 4.79 Å². The summed E-state index contributed by atoms with van der Waals surface area (Å²) < 4.78 is 5.70. The van der Waals surface area contributed by atoms with E-state index in [1.54, 1.807) is 0 Å². The molecule has 1 saturated heterocycles. The number of amides is 1. The third kappa shape index (κ3) is 4.44. The molecule has 21 heavy (non-hydrogen) atoms. The van der Waals surface area contributed by atoms with Gasteiger partial charge < -0.3 is 20.5 Å². The monoisotopic (exact) mass is 292 g/mol. The van der Waals surface area contributed by atoms with Gasteiger partial charge in [0.15, 0.2) is 0 Å². The molecule has 3 N–H and O–H groups in total. The number of nitrogens with zero attached hydrogens (tertiary/aromatic N) is 1. The van der Waals surface area contributed by atoms with E-state index in [1.165, 1.54) is 10.5 Å². The quantitative estimate of drug-likeness (QED) is 0.786. The Morgan fingerprint density at radius 2 is 1.95 bits per heavy atom. The number of ether oxygens (including phenoxy) is 1. The van der Waals surface area contributed by atoms with Crippen LogP contribution in [0.5, 0.6) is 0 Å². The van der Waals surface area contributed by atoms with E-state index in [1.807, 2.05) is 18.2 Å². The second-order valence-electron chi connectivity index (χ2n) is 5.77. The second-order valence-corrected chi connectivity index (χ2v) is 5.77. The van der Waals surface area contributed by atoms with Crippen LogP contribution in [0.25, 0.3) is 0 Å². The van der Waals surface area contributed by atoms with Crippen LogP contribution >= 0.6 is 0 Å². The smallest absolute Gasteiger partial charge is 0.407 e. The molecule has 0 spiro atoms. The van der Waals surface area contributed by atoms with E-state index in [4.69, 9.17) is 15.6 Å². The molecule has 0 radical (unpaired) electrons. The second kappa shape index (κ2) is 7.43. The summed E-state index contributed by atoms with van der Waals surface area (Å²) in [5.41, 5.74) is 6.78. The van der Waals surface area contributed by atoms with E-state index in [0.717, 1.165) is 19.3 Å². The number of nitrogens with two attached hydrogens (primary N) is 1. The summed E-state index contributed by atoms with van der Waals surface area (Å²) >= 11 is 0. The Labute approximate surface area is 125 Å². The molecule has 0 unspecified atom stereocenters. The molecule has 0 bridgehead atoms. The predicted molar refractivity (Wildman–Crippen MR) is 81.3 cm³/mol. The number of carboxylic acid groups (broad SMARTS) is 1. The molecule has 0 saturated carbocycles. The van der Waals surface area contributed by atoms with Crippen LogP contribution < -0.4 is 5.73 Å². The Bertz CT molecular complexity index is 442. The molecule has 116 valence electrons. The first-order valence-electron chi connectivity index (χ1n) is 7.45. The van der Waals surface area contributed by atoms with Crippen LogP contribution in [0.1, 0.15) is 18.4 Å². The molecule has 2 rings (SSSR count). The summed E-state index contributed by atoms with van der Waals surface area (Å²) in [6, 6.07) is 10.3. The number of piperidine rings is 1. The molecule has 1 amide bonds. The highest BCUT2D eigenvalue weighted by Gasteiger charge is 2.36. The Kier molecular flexibility index (Phi) is 5.59. The van der Waals surface area contributed by atoms with E-state index in [2.05, 4.69) is 12.1 Å². The third-order valence-corrected chi connectivity index (χ3v) is 4.19. The van der Waals surface area contributed by atoms with Gasteiger partial charge in [-0.05, 0) is 24.8 Å². The molecule has 1 fully saturated rings. The SMILES string of the molecule is NCCOCC1(Cc2ccccc2)CCN(C(=O)O)CC1. The normalized spacial score (nSPS) is 17.7. The fourth-order valence-corrected chi connectivity index (χ4v) is 2.95. The third-order valence-electron chi connectivity index (χ3n) is 4.19. The van der Waals surface area contributed by atoms with Crippen molar-refractivity contribution in [2.75, 3.05) is 32.8 Å². The minimum Gasteiger partial charge on any atom is -0.465 e. The lowest BCUT2D eigenvalue weighted by molar-refractivity contribution is 0.00545. The highest BCUT2D eigenvalue weighted by atomic mass is 16.5. The van der Waals surface area contributed by atoms with Gasteiger partial charge in [-0.25, -0.2) is 4.79 Å². The molecule has 1 aliphatic rings. The zero-order chi connectivity index (χ0) is 15.1. The molecule has 0 aliphatic carbocycles. The zero-order valence-corrected chi connectivity index (χ0v) is 12.3. The summed E-state index contributed by atoms with van der Waals surface area (Å²) in [6.07, 6.45) is 1.76. The largest absolute Gasteiger partial charge is 0.465 e. The fourth-order valence-electron chi connectivity index (χ4n) is 2.95. The van der Waals surface area contributed by atoms with Crippen molar-refractivity contribution in [2.45, 2.75) is 19.3 Å². The molecule has 1 aromatic rings. The Morgan fingerprint density at radius 1 is 1.29 bits per heavy atom. The van der Waals surface area contributed by atoms with Crippen LogP contribution in [0.15, 0.2) is 30.3 Å². The Morgan fingerprint density at radius 3 is 2.52 bits per heavy atom. The van der Waals surface area contributed by atoms with Gasteiger partial charge in [0.25, 0.3) is 0 Å². The molecule has 1 aromatic carbocycles. The maximum atomic E-state index is 11.1. The van der Waals surface area contributed by atoms with Gasteiger partial charge in [0.1, 0.15) is 0 Å². The first-order chi connectivity index (χ1) is 10.2. The van der Waals surface area contributed by atoms with Crippen LogP contribution in [-0.2, 0) is 11.2 Å². The van der Waals surface area contributed by atoms with Gasteiger partial charge in [0.2, 0.25) is 0 Å². The maximum Gasteiger partial charge on any atom is 0.407 e. The van der Waals surface area contributed by atoms with Crippen molar-refractivity contribution < 1.29 is 14.6 Å². The minimum absolute atomic E-state index is 0.0163. The van der Waals surface area contributed by atoms with E-state index in [0.29, 0.717) is 32.8 Å². The lowest BCUT2D eigenvalue weighted by atomic mass is 9.74. The molecule has 5 heteroatoms. The summed E-state index contributed by atoms with van der Waals surface area (Å²) in [7, 11) is 0. The minimum atomic E-state index is -0.828. The van der Waals surface area contributed by atoms with Crippen molar-refractivity contribution in [3.63, 3.8) is 0 Å². The first kappa shape index (κ1) is 15.8. The van der Waals surface area contributed by atoms with E-state index in [-0.39, 0.29) is 5.41 Å². The number of likely N-dealkylation sites (tertiary alicyclic amines) is 1. The molecular weight excluding hydrogens is 268 g/mol. The first-order valence-corrected chi connectivity index (χ1v) is 7.45. The topological polar surface area (TPSA) is 75.8 Å². The summed E-state index contributed by atoms with van der Waals surface area (Å²) in [6.45, 7) is 2.87. The van der Waals surface area contributed by atoms with Crippen LogP contribution in [0.2, 0.25) is 0 Å². The number of rotatable bonds is 6. The lowest BCUT2D eigenvalue weighted by Gasteiger charge is -2.41. The molecule has 0 aromatic heterocycles. The number of carbonyl (C=O) groups is 1. The van der Waals surface area contributed by atoms with Crippen molar-refractivity contribution in [3.8, 4) is 0 Å². The van der Waals surface area contributed by atoms with Crippen LogP contribution in [-0.4, -0.2) is 48.9 Å². The Balaban J connectivity index is 2.03. The van der Waals surface area contributed by atoms with Crippen molar-refractivity contribution in [3.05, 3.63) is 35.9 Å². The van der Waals surface area contributed by atoms with E-state index in [9.17, 15) is 4.79 Å². The average molecular weight is 292 g/mol. The highest BCUT2D eigenvalue weighted by molar-refractivity contribution is 5.65. The molecule has 1 heterocycles. The fraction of sp³-hybridized carbons (Fsp3) is 0.562. The van der Waals surface area contributed by atoms with Crippen molar-refractivity contribution in [1.29, 1.82) is 0 Å². The van der Waals surface area contributed by atoms with Crippen molar-refractivity contribution in [2.24, 2.45) is 11.1 Å². The van der Waals surface area contributed by atoms with Crippen molar-refractivity contribution >= 4 is 6.09 Å². The standard InChI is InChI=1S/C16H24N2O3/c17-8-11-21-13-16(12-14-4-2-1-3-5-14)6-9-18(10-7-16)15(19)20/h1-5H,6-13,17H2,(H,19,20). The van der Waals surface area contributed by atoms with Gasteiger partial charge in [-0.3, -0.25) is 0 Å². The predicted octanol–water partition coefficient (Wildman–Crippen LogP) is 1.96. The number of benzene rings is 1. The summed E-state index contributed by atoms with van der Waals surface area (Å²) in [4.78, 5) is 12.6. The molecule has 1 aliphatic heterocycles. The summed E-state index contributed by atoms with van der Waals surface area (Å²) in [5.74, 6) is 0. The maximum absolute atomic E-state index is 11.1. The lowest BCUT2D eigenvalue weighted by Crippen LogP contribution is -2.45. The van der Waals surface area contributed by atoms with Gasteiger partial charge in [-0.1, -0.05) is 30.3 Å². The number of hydrogen-bond acceptors (Lipinski definition) is 3. The van der Waals surface area contributed by atoms with Crippen LogP contribution in [0.3, 0.4) is 0 Å². The summed E-state index contributed by atoms with van der Waals surface area (Å²) in [5, 5.41) is 9.09. The average Bonchev–Trinajstić information content (AvgIpc) is 2.49. The number of hydrogen-bond donors (Lipinski definition) is 2. The van der Waals surface area contributed by atoms with E-state index < -0.39 is 6.09 Å². The van der Waals surface area contributed by atoms with Crippen molar-refractivity contribution in [1.82, 2.24) is 4.90 Å². The van der Waals surface area contributed by atoms with E-state index >= 15 is 0 Å². The van der Waals surface area contributed by atoms with Gasteiger partial charge in [-0.2, -0.15) is 0 Å². The van der Waals surface area contributed by atoms with Gasteiger partial charge >= 0.3 is 6.09 Å². The molecular formula is C16H24N2O3. The molecule has 5 nitrogen and oxygen atoms in total. The van der Waals surface area contributed by atoms with Crippen LogP contribution in [0, 0.1) is 5.41 Å².